The van der Waals surface area contributed by atoms with Crippen molar-refractivity contribution in [1.82, 2.24) is 5.32 Å². The minimum absolute atomic E-state index is 0.124. The summed E-state index contributed by atoms with van der Waals surface area (Å²) in [6, 6.07) is 5.57. The molecule has 1 aliphatic rings. The van der Waals surface area contributed by atoms with E-state index in [0.717, 1.165) is 25.7 Å². The van der Waals surface area contributed by atoms with E-state index in [0.29, 0.717) is 29.0 Å². The number of amides is 1. The van der Waals surface area contributed by atoms with Crippen molar-refractivity contribution in [3.05, 3.63) is 23.8 Å². The third kappa shape index (κ3) is 3.90. The lowest BCUT2D eigenvalue weighted by atomic mass is 9.75. The molecule has 1 aromatic rings. The van der Waals surface area contributed by atoms with Gasteiger partial charge in [0.25, 0.3) is 5.91 Å². The van der Waals surface area contributed by atoms with E-state index >= 15 is 0 Å². The molecule has 116 valence electrons. The van der Waals surface area contributed by atoms with Gasteiger partial charge < -0.3 is 15.8 Å². The number of carbonyl (C=O) groups excluding carboxylic acids is 1. The van der Waals surface area contributed by atoms with Crippen LogP contribution in [0.15, 0.2) is 18.2 Å². The summed E-state index contributed by atoms with van der Waals surface area (Å²) >= 11 is 0. The summed E-state index contributed by atoms with van der Waals surface area (Å²) in [6.45, 7) is 6.98. The molecule has 0 radical (unpaired) electrons. The fourth-order valence-corrected chi connectivity index (χ4v) is 2.87. The molecule has 0 aromatic heterocycles. The Morgan fingerprint density at radius 1 is 1.38 bits per heavy atom. The van der Waals surface area contributed by atoms with Crippen LogP contribution in [0.3, 0.4) is 0 Å². The summed E-state index contributed by atoms with van der Waals surface area (Å²) in [6.07, 6.45) is 4.33. The van der Waals surface area contributed by atoms with E-state index in [1.165, 1.54) is 0 Å². The molecule has 3 N–H and O–H groups in total. The molecular weight excluding hydrogens is 264 g/mol. The van der Waals surface area contributed by atoms with Crippen LogP contribution in [0.5, 0.6) is 5.75 Å². The maximum Gasteiger partial charge on any atom is 0.257 e. The zero-order chi connectivity index (χ0) is 15.5. The van der Waals surface area contributed by atoms with Crippen molar-refractivity contribution < 1.29 is 9.53 Å². The predicted octanol–water partition coefficient (Wildman–Crippen LogP) is 3.37. The van der Waals surface area contributed by atoms with Crippen LogP contribution < -0.4 is 15.8 Å². The van der Waals surface area contributed by atoms with Crippen molar-refractivity contribution in [2.75, 3.05) is 12.3 Å². The van der Waals surface area contributed by atoms with E-state index < -0.39 is 0 Å². The molecule has 0 unspecified atom stereocenters. The number of nitrogens with one attached hydrogen (secondary N) is 1. The molecule has 2 rings (SSSR count). The molecule has 4 heteroatoms. The predicted molar refractivity (Wildman–Crippen MR) is 85.5 cm³/mol. The minimum Gasteiger partial charge on any atom is -0.493 e. The molecule has 0 heterocycles. The number of nitrogen functional groups attached to an aromatic ring is 1. The van der Waals surface area contributed by atoms with E-state index in [1.807, 2.05) is 6.92 Å². The van der Waals surface area contributed by atoms with Crippen LogP contribution in [0.2, 0.25) is 0 Å². The summed E-state index contributed by atoms with van der Waals surface area (Å²) < 4.78 is 5.52. The van der Waals surface area contributed by atoms with Crippen molar-refractivity contribution in [2.24, 2.45) is 5.41 Å². The molecule has 1 fully saturated rings. The summed E-state index contributed by atoms with van der Waals surface area (Å²) in [5.41, 5.74) is 7.28. The van der Waals surface area contributed by atoms with Crippen LogP contribution in [0.25, 0.3) is 0 Å². The highest BCUT2D eigenvalue weighted by Gasteiger charge is 2.28. The van der Waals surface area contributed by atoms with Crippen LogP contribution >= 0.6 is 0 Å². The van der Waals surface area contributed by atoms with Crippen molar-refractivity contribution in [1.29, 1.82) is 0 Å². The summed E-state index contributed by atoms with van der Waals surface area (Å²) in [5.74, 6) is 0.437. The first-order chi connectivity index (χ1) is 9.93. The van der Waals surface area contributed by atoms with Gasteiger partial charge in [-0.1, -0.05) is 19.9 Å². The number of nitrogens with two attached hydrogens (primary N) is 1. The first kappa shape index (κ1) is 15.7. The van der Waals surface area contributed by atoms with E-state index in [4.69, 9.17) is 10.5 Å². The molecule has 0 aliphatic heterocycles. The number of ether oxygens (including phenoxy) is 1. The molecule has 0 bridgehead atoms. The topological polar surface area (TPSA) is 64.3 Å². The van der Waals surface area contributed by atoms with Gasteiger partial charge in [-0.2, -0.15) is 0 Å². The second kappa shape index (κ2) is 6.37. The molecule has 0 atom stereocenters. The van der Waals surface area contributed by atoms with Crippen LogP contribution in [0.4, 0.5) is 5.69 Å². The zero-order valence-electron chi connectivity index (χ0n) is 13.2. The van der Waals surface area contributed by atoms with Gasteiger partial charge in [-0.3, -0.25) is 4.79 Å². The van der Waals surface area contributed by atoms with Gasteiger partial charge in [0.15, 0.2) is 0 Å². The summed E-state index contributed by atoms with van der Waals surface area (Å²) in [4.78, 5) is 12.5. The smallest absolute Gasteiger partial charge is 0.257 e. The molecule has 1 aromatic carbocycles. The number of benzene rings is 1. The van der Waals surface area contributed by atoms with Gasteiger partial charge in [0.2, 0.25) is 0 Å². The van der Waals surface area contributed by atoms with Crippen molar-refractivity contribution in [3.63, 3.8) is 0 Å². The first-order valence-electron chi connectivity index (χ1n) is 7.75. The number of carbonyl (C=O) groups is 1. The highest BCUT2D eigenvalue weighted by atomic mass is 16.5. The van der Waals surface area contributed by atoms with Gasteiger partial charge >= 0.3 is 0 Å². The Hall–Kier alpha value is -1.71. The van der Waals surface area contributed by atoms with Gasteiger partial charge in [0.05, 0.1) is 6.61 Å². The molecule has 1 aliphatic carbocycles. The SMILES string of the molecule is CCOc1cccc(N)c1C(=O)NC1CCC(C)(C)CC1. The van der Waals surface area contributed by atoms with Gasteiger partial charge in [0, 0.05) is 11.7 Å². The Balaban J connectivity index is 2.07. The second-order valence-corrected chi connectivity index (χ2v) is 6.57. The van der Waals surface area contributed by atoms with Crippen molar-refractivity contribution in [3.8, 4) is 5.75 Å². The monoisotopic (exact) mass is 290 g/mol. The fraction of sp³-hybridized carbons (Fsp3) is 0.588. The Kier molecular flexibility index (Phi) is 4.76. The average Bonchev–Trinajstić information content (AvgIpc) is 2.41. The molecule has 1 amide bonds. The lowest BCUT2D eigenvalue weighted by molar-refractivity contribution is 0.0906. The standard InChI is InChI=1S/C17H26N2O2/c1-4-21-14-7-5-6-13(18)15(14)16(20)19-12-8-10-17(2,3)11-9-12/h5-7,12H,4,8-11,18H2,1-3H3,(H,19,20). The largest absolute Gasteiger partial charge is 0.493 e. The van der Waals surface area contributed by atoms with E-state index in [1.54, 1.807) is 18.2 Å². The quantitative estimate of drug-likeness (QED) is 0.836. The third-order valence-corrected chi connectivity index (χ3v) is 4.26. The second-order valence-electron chi connectivity index (χ2n) is 6.57. The van der Waals surface area contributed by atoms with Crippen LogP contribution in [0, 0.1) is 5.41 Å². The number of hydrogen-bond donors (Lipinski definition) is 2. The Morgan fingerprint density at radius 2 is 2.05 bits per heavy atom. The number of anilines is 1. The molecule has 21 heavy (non-hydrogen) atoms. The Bertz CT molecular complexity index is 502. The van der Waals surface area contributed by atoms with E-state index in [9.17, 15) is 4.79 Å². The average molecular weight is 290 g/mol. The van der Waals surface area contributed by atoms with Gasteiger partial charge in [-0.25, -0.2) is 0 Å². The Morgan fingerprint density at radius 3 is 2.67 bits per heavy atom. The lowest BCUT2D eigenvalue weighted by Crippen LogP contribution is -2.39. The molecule has 0 spiro atoms. The van der Waals surface area contributed by atoms with E-state index in [2.05, 4.69) is 19.2 Å². The number of rotatable bonds is 4. The molecule has 1 saturated carbocycles. The molecular formula is C17H26N2O2. The summed E-state index contributed by atoms with van der Waals surface area (Å²) in [7, 11) is 0. The normalized spacial score (nSPS) is 18.2. The van der Waals surface area contributed by atoms with Crippen LogP contribution in [0.1, 0.15) is 56.8 Å². The number of hydrogen-bond acceptors (Lipinski definition) is 3. The lowest BCUT2D eigenvalue weighted by Gasteiger charge is -2.34. The molecule has 0 saturated heterocycles. The zero-order valence-corrected chi connectivity index (χ0v) is 13.2. The molecule has 4 nitrogen and oxygen atoms in total. The highest BCUT2D eigenvalue weighted by molar-refractivity contribution is 6.02. The van der Waals surface area contributed by atoms with Crippen LogP contribution in [-0.2, 0) is 0 Å². The summed E-state index contributed by atoms with van der Waals surface area (Å²) in [5, 5.41) is 3.11. The van der Waals surface area contributed by atoms with Gasteiger partial charge in [-0.05, 0) is 50.2 Å². The van der Waals surface area contributed by atoms with Crippen molar-refractivity contribution >= 4 is 11.6 Å². The maximum atomic E-state index is 12.5. The van der Waals surface area contributed by atoms with Crippen LogP contribution in [-0.4, -0.2) is 18.6 Å². The van der Waals surface area contributed by atoms with Gasteiger partial charge in [-0.15, -0.1) is 0 Å². The fourth-order valence-electron chi connectivity index (χ4n) is 2.87. The van der Waals surface area contributed by atoms with Crippen molar-refractivity contribution in [2.45, 2.75) is 52.5 Å². The first-order valence-corrected chi connectivity index (χ1v) is 7.75. The Labute approximate surface area is 127 Å². The van der Waals surface area contributed by atoms with E-state index in [-0.39, 0.29) is 11.9 Å². The van der Waals surface area contributed by atoms with Gasteiger partial charge in [0.1, 0.15) is 11.3 Å². The minimum atomic E-state index is -0.124. The highest BCUT2D eigenvalue weighted by Crippen LogP contribution is 2.35. The third-order valence-electron chi connectivity index (χ3n) is 4.26. The maximum absolute atomic E-state index is 12.5.